The second-order valence-corrected chi connectivity index (χ2v) is 6.32. The zero-order chi connectivity index (χ0) is 17.2. The average molecular weight is 339 g/mol. The molecule has 7 nitrogen and oxygen atoms in total. The lowest BCUT2D eigenvalue weighted by Crippen LogP contribution is -2.40. The van der Waals surface area contributed by atoms with Crippen molar-refractivity contribution >= 4 is 11.7 Å². The molecule has 0 bridgehead atoms. The normalized spacial score (nSPS) is 17.3. The molecule has 2 aromatic rings. The van der Waals surface area contributed by atoms with Gasteiger partial charge in [-0.1, -0.05) is 0 Å². The second kappa shape index (κ2) is 6.76. The number of hydrogen-bond acceptors (Lipinski definition) is 6. The van der Waals surface area contributed by atoms with Crippen LogP contribution in [0.25, 0.3) is 11.4 Å². The molecule has 0 aliphatic carbocycles. The third-order valence-electron chi connectivity index (χ3n) is 4.73. The first-order chi connectivity index (χ1) is 12.2. The van der Waals surface area contributed by atoms with Crippen LogP contribution >= 0.6 is 0 Å². The molecule has 25 heavy (non-hydrogen) atoms. The van der Waals surface area contributed by atoms with Crippen molar-refractivity contribution in [1.82, 2.24) is 19.9 Å². The molecule has 7 heteroatoms. The van der Waals surface area contributed by atoms with Crippen molar-refractivity contribution in [2.45, 2.75) is 19.9 Å². The van der Waals surface area contributed by atoms with Gasteiger partial charge in [0.15, 0.2) is 5.82 Å². The van der Waals surface area contributed by atoms with Crippen molar-refractivity contribution in [2.75, 3.05) is 37.7 Å². The maximum absolute atomic E-state index is 11.8. The Hall–Kier alpha value is -2.54. The van der Waals surface area contributed by atoms with Crippen molar-refractivity contribution in [3.8, 4) is 11.4 Å². The van der Waals surface area contributed by atoms with Crippen LogP contribution in [0.4, 0.5) is 5.82 Å². The minimum absolute atomic E-state index is 0.0942. The van der Waals surface area contributed by atoms with Crippen LogP contribution in [0, 0.1) is 0 Å². The molecule has 1 fully saturated rings. The number of morpholine rings is 1. The van der Waals surface area contributed by atoms with Crippen LogP contribution in [0.1, 0.15) is 18.2 Å². The minimum Gasteiger partial charge on any atom is -0.378 e. The first-order valence-electron chi connectivity index (χ1n) is 8.61. The molecule has 0 saturated carbocycles. The summed E-state index contributed by atoms with van der Waals surface area (Å²) in [6.45, 7) is 5.90. The molecule has 1 amide bonds. The van der Waals surface area contributed by atoms with Crippen LogP contribution in [0.3, 0.4) is 0 Å². The highest BCUT2D eigenvalue weighted by Crippen LogP contribution is 2.30. The van der Waals surface area contributed by atoms with Crippen molar-refractivity contribution in [1.29, 1.82) is 0 Å². The van der Waals surface area contributed by atoms with Crippen molar-refractivity contribution < 1.29 is 9.53 Å². The molecular weight excluding hydrogens is 318 g/mol. The maximum Gasteiger partial charge on any atom is 0.219 e. The summed E-state index contributed by atoms with van der Waals surface area (Å²) in [6, 6.07) is 3.85. The van der Waals surface area contributed by atoms with E-state index in [0.717, 1.165) is 48.0 Å². The zero-order valence-corrected chi connectivity index (χ0v) is 14.3. The number of pyridine rings is 1. The fourth-order valence-corrected chi connectivity index (χ4v) is 3.33. The van der Waals surface area contributed by atoms with Gasteiger partial charge in [-0.05, 0) is 12.1 Å². The largest absolute Gasteiger partial charge is 0.378 e. The van der Waals surface area contributed by atoms with Gasteiger partial charge in [0.1, 0.15) is 5.82 Å². The van der Waals surface area contributed by atoms with Crippen LogP contribution in [-0.4, -0.2) is 58.6 Å². The first kappa shape index (κ1) is 16.0. The van der Waals surface area contributed by atoms with E-state index in [4.69, 9.17) is 14.7 Å². The Morgan fingerprint density at radius 2 is 1.88 bits per heavy atom. The molecule has 2 aliphatic heterocycles. The molecule has 4 heterocycles. The van der Waals surface area contributed by atoms with Gasteiger partial charge in [-0.3, -0.25) is 9.78 Å². The second-order valence-electron chi connectivity index (χ2n) is 6.32. The Morgan fingerprint density at radius 3 is 2.60 bits per heavy atom. The summed E-state index contributed by atoms with van der Waals surface area (Å²) in [5.74, 6) is 1.75. The smallest absolute Gasteiger partial charge is 0.219 e. The minimum atomic E-state index is 0.0942. The molecular formula is C18H21N5O2. The van der Waals surface area contributed by atoms with Crippen molar-refractivity contribution in [3.05, 3.63) is 35.8 Å². The van der Waals surface area contributed by atoms with Crippen LogP contribution in [-0.2, 0) is 22.5 Å². The van der Waals surface area contributed by atoms with Crippen molar-refractivity contribution in [3.63, 3.8) is 0 Å². The molecule has 0 aromatic carbocycles. The molecule has 2 aromatic heterocycles. The van der Waals surface area contributed by atoms with Crippen LogP contribution in [0.2, 0.25) is 0 Å². The summed E-state index contributed by atoms with van der Waals surface area (Å²) in [6.07, 6.45) is 4.26. The molecule has 0 atom stereocenters. The van der Waals surface area contributed by atoms with E-state index in [1.807, 2.05) is 17.0 Å². The van der Waals surface area contributed by atoms with E-state index in [2.05, 4.69) is 9.88 Å². The quantitative estimate of drug-likeness (QED) is 0.821. The lowest BCUT2D eigenvalue weighted by atomic mass is 10.0. The molecule has 0 radical (unpaired) electrons. The maximum atomic E-state index is 11.8. The molecule has 1 saturated heterocycles. The SMILES string of the molecule is CC(=O)N1CCc2nc(-c3ccncc3)nc(N3CCOCC3)c2C1. The van der Waals surface area contributed by atoms with Gasteiger partial charge in [0.25, 0.3) is 0 Å². The third kappa shape index (κ3) is 3.19. The molecule has 0 N–H and O–H groups in total. The van der Waals surface area contributed by atoms with E-state index >= 15 is 0 Å². The fraction of sp³-hybridized carbons (Fsp3) is 0.444. The molecule has 2 aliphatic rings. The monoisotopic (exact) mass is 339 g/mol. The molecule has 4 rings (SSSR count). The number of hydrogen-bond donors (Lipinski definition) is 0. The van der Waals surface area contributed by atoms with Gasteiger partial charge < -0.3 is 14.5 Å². The summed E-state index contributed by atoms with van der Waals surface area (Å²) in [7, 11) is 0. The Bertz CT molecular complexity index is 775. The highest BCUT2D eigenvalue weighted by molar-refractivity contribution is 5.74. The third-order valence-corrected chi connectivity index (χ3v) is 4.73. The lowest BCUT2D eigenvalue weighted by molar-refractivity contribution is -0.129. The molecule has 130 valence electrons. The molecule has 0 unspecified atom stereocenters. The standard InChI is InChI=1S/C18H21N5O2/c1-13(24)23-7-4-16-15(12-23)18(22-8-10-25-11-9-22)21-17(20-16)14-2-5-19-6-3-14/h2-3,5-6H,4,7-12H2,1H3. The number of amides is 1. The van der Waals surface area contributed by atoms with E-state index in [9.17, 15) is 4.79 Å². The predicted octanol–water partition coefficient (Wildman–Crippen LogP) is 1.28. The average Bonchev–Trinajstić information content (AvgIpc) is 2.68. The van der Waals surface area contributed by atoms with Gasteiger partial charge in [-0.2, -0.15) is 0 Å². The van der Waals surface area contributed by atoms with Gasteiger partial charge in [-0.15, -0.1) is 0 Å². The van der Waals surface area contributed by atoms with Crippen LogP contribution < -0.4 is 4.90 Å². The Balaban J connectivity index is 1.79. The molecule has 0 spiro atoms. The number of rotatable bonds is 2. The number of fused-ring (bicyclic) bond motifs is 1. The number of carbonyl (C=O) groups is 1. The van der Waals surface area contributed by atoms with E-state index in [1.54, 1.807) is 19.3 Å². The van der Waals surface area contributed by atoms with Gasteiger partial charge in [0.05, 0.1) is 25.5 Å². The van der Waals surface area contributed by atoms with Gasteiger partial charge in [0, 0.05) is 56.5 Å². The van der Waals surface area contributed by atoms with Crippen molar-refractivity contribution in [2.24, 2.45) is 0 Å². The van der Waals surface area contributed by atoms with E-state index in [-0.39, 0.29) is 5.91 Å². The van der Waals surface area contributed by atoms with Gasteiger partial charge in [0.2, 0.25) is 5.91 Å². The lowest BCUT2D eigenvalue weighted by Gasteiger charge is -2.34. The highest BCUT2D eigenvalue weighted by Gasteiger charge is 2.27. The van der Waals surface area contributed by atoms with Gasteiger partial charge in [-0.25, -0.2) is 9.97 Å². The van der Waals surface area contributed by atoms with Gasteiger partial charge >= 0.3 is 0 Å². The summed E-state index contributed by atoms with van der Waals surface area (Å²) in [5, 5.41) is 0. The fourth-order valence-electron chi connectivity index (χ4n) is 3.33. The first-order valence-corrected chi connectivity index (χ1v) is 8.61. The number of anilines is 1. The Kier molecular flexibility index (Phi) is 4.31. The summed E-state index contributed by atoms with van der Waals surface area (Å²) >= 11 is 0. The van der Waals surface area contributed by atoms with E-state index in [1.165, 1.54) is 0 Å². The zero-order valence-electron chi connectivity index (χ0n) is 14.3. The topological polar surface area (TPSA) is 71.5 Å². The van der Waals surface area contributed by atoms with E-state index in [0.29, 0.717) is 26.3 Å². The predicted molar refractivity (Wildman–Crippen MR) is 93.1 cm³/mol. The van der Waals surface area contributed by atoms with Crippen LogP contribution in [0.5, 0.6) is 0 Å². The number of nitrogens with zero attached hydrogens (tertiary/aromatic N) is 5. The number of aromatic nitrogens is 3. The summed E-state index contributed by atoms with van der Waals surface area (Å²) in [4.78, 5) is 29.7. The highest BCUT2D eigenvalue weighted by atomic mass is 16.5. The van der Waals surface area contributed by atoms with Crippen LogP contribution in [0.15, 0.2) is 24.5 Å². The number of ether oxygens (including phenoxy) is 1. The Labute approximate surface area is 146 Å². The van der Waals surface area contributed by atoms with E-state index < -0.39 is 0 Å². The summed E-state index contributed by atoms with van der Waals surface area (Å²) in [5.41, 5.74) is 3.07. The summed E-state index contributed by atoms with van der Waals surface area (Å²) < 4.78 is 5.48. The number of carbonyl (C=O) groups excluding carboxylic acids is 1. The Morgan fingerprint density at radius 1 is 1.12 bits per heavy atom.